The predicted octanol–water partition coefficient (Wildman–Crippen LogP) is 2.18. The lowest BCUT2D eigenvalue weighted by atomic mass is 10.3. The number of hydrogen-bond acceptors (Lipinski definition) is 3. The third-order valence-corrected chi connectivity index (χ3v) is 2.68. The molecule has 0 radical (unpaired) electrons. The molecule has 4 heteroatoms. The van der Waals surface area contributed by atoms with Crippen molar-refractivity contribution in [1.82, 2.24) is 9.78 Å². The van der Waals surface area contributed by atoms with Gasteiger partial charge in [0, 0.05) is 4.90 Å². The molecule has 0 aliphatic carbocycles. The standard InChI is InChI=1S/C10H11N3S/c1-14-10-4-2-9(3-5-10)13-7-8(11)6-12-13/h2-7H,11H2,1H3. The van der Waals surface area contributed by atoms with Gasteiger partial charge in [0.1, 0.15) is 0 Å². The van der Waals surface area contributed by atoms with Crippen LogP contribution in [0.25, 0.3) is 5.69 Å². The molecule has 2 N–H and O–H groups in total. The number of thioether (sulfide) groups is 1. The van der Waals surface area contributed by atoms with Crippen molar-refractivity contribution in [3.63, 3.8) is 0 Å². The van der Waals surface area contributed by atoms with Gasteiger partial charge >= 0.3 is 0 Å². The van der Waals surface area contributed by atoms with Gasteiger partial charge in [-0.15, -0.1) is 11.8 Å². The summed E-state index contributed by atoms with van der Waals surface area (Å²) in [6, 6.07) is 8.19. The highest BCUT2D eigenvalue weighted by Gasteiger charge is 1.97. The van der Waals surface area contributed by atoms with E-state index in [9.17, 15) is 0 Å². The van der Waals surface area contributed by atoms with E-state index in [0.29, 0.717) is 5.69 Å². The Morgan fingerprint density at radius 2 is 2.00 bits per heavy atom. The van der Waals surface area contributed by atoms with Crippen LogP contribution in [0.4, 0.5) is 5.69 Å². The molecule has 0 amide bonds. The molecule has 0 atom stereocenters. The van der Waals surface area contributed by atoms with Gasteiger partial charge in [0.2, 0.25) is 0 Å². The topological polar surface area (TPSA) is 43.8 Å². The molecule has 0 fully saturated rings. The molecule has 1 aromatic heterocycles. The Bertz CT molecular complexity index is 419. The van der Waals surface area contributed by atoms with Crippen LogP contribution < -0.4 is 5.73 Å². The lowest BCUT2D eigenvalue weighted by Gasteiger charge is -2.01. The largest absolute Gasteiger partial charge is 0.396 e. The van der Waals surface area contributed by atoms with Crippen LogP contribution in [-0.4, -0.2) is 16.0 Å². The van der Waals surface area contributed by atoms with E-state index in [-0.39, 0.29) is 0 Å². The summed E-state index contributed by atoms with van der Waals surface area (Å²) >= 11 is 1.72. The van der Waals surface area contributed by atoms with Crippen molar-refractivity contribution < 1.29 is 0 Å². The Labute approximate surface area is 86.9 Å². The number of anilines is 1. The maximum absolute atomic E-state index is 5.58. The molecule has 0 spiro atoms. The zero-order chi connectivity index (χ0) is 9.97. The molecule has 2 aromatic rings. The fraction of sp³-hybridized carbons (Fsp3) is 0.100. The summed E-state index contributed by atoms with van der Waals surface area (Å²) < 4.78 is 1.76. The summed E-state index contributed by atoms with van der Waals surface area (Å²) in [5.41, 5.74) is 7.29. The van der Waals surface area contributed by atoms with Crippen LogP contribution in [0.1, 0.15) is 0 Å². The van der Waals surface area contributed by atoms with Gasteiger partial charge in [-0.2, -0.15) is 5.10 Å². The van der Waals surface area contributed by atoms with Gasteiger partial charge in [0.05, 0.1) is 23.8 Å². The summed E-state index contributed by atoms with van der Waals surface area (Å²) in [6.07, 6.45) is 5.50. The van der Waals surface area contributed by atoms with E-state index in [1.165, 1.54) is 4.90 Å². The summed E-state index contributed by atoms with van der Waals surface area (Å²) in [4.78, 5) is 1.24. The number of hydrogen-bond donors (Lipinski definition) is 1. The monoisotopic (exact) mass is 205 g/mol. The molecule has 2 rings (SSSR count). The third-order valence-electron chi connectivity index (χ3n) is 1.94. The van der Waals surface area contributed by atoms with Gasteiger partial charge in [0.25, 0.3) is 0 Å². The van der Waals surface area contributed by atoms with Gasteiger partial charge in [-0.05, 0) is 30.5 Å². The Kier molecular flexibility index (Phi) is 2.45. The summed E-state index contributed by atoms with van der Waals surface area (Å²) in [5.74, 6) is 0. The molecule has 0 unspecified atom stereocenters. The van der Waals surface area contributed by atoms with Crippen LogP contribution in [0.15, 0.2) is 41.6 Å². The molecular weight excluding hydrogens is 194 g/mol. The summed E-state index contributed by atoms with van der Waals surface area (Å²) in [5, 5.41) is 4.13. The van der Waals surface area contributed by atoms with Crippen molar-refractivity contribution in [2.75, 3.05) is 12.0 Å². The van der Waals surface area contributed by atoms with E-state index in [2.05, 4.69) is 23.5 Å². The SMILES string of the molecule is CSc1ccc(-n2cc(N)cn2)cc1. The average Bonchev–Trinajstić information content (AvgIpc) is 2.65. The molecular formula is C10H11N3S. The molecule has 0 saturated heterocycles. The van der Waals surface area contributed by atoms with Gasteiger partial charge < -0.3 is 5.73 Å². The molecule has 1 heterocycles. The molecule has 14 heavy (non-hydrogen) atoms. The maximum atomic E-state index is 5.58. The van der Waals surface area contributed by atoms with Crippen molar-refractivity contribution in [1.29, 1.82) is 0 Å². The van der Waals surface area contributed by atoms with Crippen LogP contribution in [0.5, 0.6) is 0 Å². The number of rotatable bonds is 2. The fourth-order valence-electron chi connectivity index (χ4n) is 1.21. The molecule has 0 bridgehead atoms. The number of aromatic nitrogens is 2. The first kappa shape index (κ1) is 9.15. The summed E-state index contributed by atoms with van der Waals surface area (Å²) in [7, 11) is 0. The normalized spacial score (nSPS) is 10.4. The molecule has 72 valence electrons. The van der Waals surface area contributed by atoms with E-state index in [1.54, 1.807) is 28.8 Å². The Morgan fingerprint density at radius 3 is 2.50 bits per heavy atom. The van der Waals surface area contributed by atoms with E-state index >= 15 is 0 Å². The Hall–Kier alpha value is -1.42. The first-order valence-electron chi connectivity index (χ1n) is 4.24. The Morgan fingerprint density at radius 1 is 1.29 bits per heavy atom. The second kappa shape index (κ2) is 3.75. The minimum atomic E-state index is 0.680. The number of nitrogens with two attached hydrogens (primary N) is 1. The smallest absolute Gasteiger partial charge is 0.0724 e. The second-order valence-electron chi connectivity index (χ2n) is 2.92. The molecule has 0 saturated carbocycles. The fourth-order valence-corrected chi connectivity index (χ4v) is 1.62. The highest BCUT2D eigenvalue weighted by molar-refractivity contribution is 7.98. The van der Waals surface area contributed by atoms with E-state index in [1.807, 2.05) is 12.1 Å². The minimum Gasteiger partial charge on any atom is -0.396 e. The van der Waals surface area contributed by atoms with Crippen molar-refractivity contribution in [3.05, 3.63) is 36.7 Å². The van der Waals surface area contributed by atoms with Gasteiger partial charge in [0.15, 0.2) is 0 Å². The van der Waals surface area contributed by atoms with Crippen molar-refractivity contribution >= 4 is 17.4 Å². The van der Waals surface area contributed by atoms with E-state index < -0.39 is 0 Å². The molecule has 0 aliphatic heterocycles. The number of nitrogen functional groups attached to an aromatic ring is 1. The zero-order valence-corrected chi connectivity index (χ0v) is 8.66. The lowest BCUT2D eigenvalue weighted by Crippen LogP contribution is -1.93. The van der Waals surface area contributed by atoms with Crippen LogP contribution >= 0.6 is 11.8 Å². The third kappa shape index (κ3) is 1.75. The van der Waals surface area contributed by atoms with Crippen molar-refractivity contribution in [2.45, 2.75) is 4.90 Å². The van der Waals surface area contributed by atoms with Crippen LogP contribution in [0.2, 0.25) is 0 Å². The molecule has 1 aromatic carbocycles. The predicted molar refractivity (Wildman–Crippen MR) is 59.8 cm³/mol. The minimum absolute atomic E-state index is 0.680. The average molecular weight is 205 g/mol. The second-order valence-corrected chi connectivity index (χ2v) is 3.80. The van der Waals surface area contributed by atoms with Crippen molar-refractivity contribution in [3.8, 4) is 5.69 Å². The highest BCUT2D eigenvalue weighted by atomic mass is 32.2. The highest BCUT2D eigenvalue weighted by Crippen LogP contribution is 2.17. The van der Waals surface area contributed by atoms with Gasteiger partial charge in [-0.25, -0.2) is 4.68 Å². The van der Waals surface area contributed by atoms with Gasteiger partial charge in [-0.3, -0.25) is 0 Å². The summed E-state index contributed by atoms with van der Waals surface area (Å²) in [6.45, 7) is 0. The molecule has 3 nitrogen and oxygen atoms in total. The van der Waals surface area contributed by atoms with Crippen LogP contribution in [0.3, 0.4) is 0 Å². The number of nitrogens with zero attached hydrogens (tertiary/aromatic N) is 2. The zero-order valence-electron chi connectivity index (χ0n) is 7.84. The number of benzene rings is 1. The quantitative estimate of drug-likeness (QED) is 0.764. The van der Waals surface area contributed by atoms with E-state index in [0.717, 1.165) is 5.69 Å². The van der Waals surface area contributed by atoms with Crippen molar-refractivity contribution in [2.24, 2.45) is 0 Å². The first-order valence-corrected chi connectivity index (χ1v) is 5.46. The van der Waals surface area contributed by atoms with Crippen LogP contribution in [0, 0.1) is 0 Å². The molecule has 0 aliphatic rings. The van der Waals surface area contributed by atoms with Gasteiger partial charge in [-0.1, -0.05) is 0 Å². The van der Waals surface area contributed by atoms with E-state index in [4.69, 9.17) is 5.73 Å². The Balaban J connectivity index is 2.33. The lowest BCUT2D eigenvalue weighted by molar-refractivity contribution is 0.879. The first-order chi connectivity index (χ1) is 6.79. The maximum Gasteiger partial charge on any atom is 0.0724 e. The van der Waals surface area contributed by atoms with Crippen LogP contribution in [-0.2, 0) is 0 Å².